The third kappa shape index (κ3) is 391. The monoisotopic (exact) mass is 93.0 g/mol. The average Bonchev–Trinajstić information content (AvgIpc) is 0.722. The molecule has 0 atom stereocenters. The molecular formula is C2H5O2S+. The van der Waals surface area contributed by atoms with Crippen molar-refractivity contribution in [2.45, 2.75) is 0 Å². The van der Waals surface area contributed by atoms with E-state index in [1.54, 1.807) is 0 Å². The van der Waals surface area contributed by atoms with Crippen molar-refractivity contribution in [2.24, 2.45) is 0 Å². The highest BCUT2D eigenvalue weighted by Crippen LogP contribution is 1.67. The lowest BCUT2D eigenvalue weighted by Crippen LogP contribution is -1.82. The molecule has 0 aliphatic rings. The Bertz CT molecular complexity index is 90.8. The zero-order chi connectivity index (χ0) is 4.50. The summed E-state index contributed by atoms with van der Waals surface area (Å²) >= 11 is 0. The predicted molar refractivity (Wildman–Crippen MR) is 20.2 cm³/mol. The first-order valence-electron chi connectivity index (χ1n) is 1.03. The second-order valence-corrected chi connectivity index (χ2v) is 2.78. The fourth-order valence-corrected chi connectivity index (χ4v) is 0. The summed E-state index contributed by atoms with van der Waals surface area (Å²) in [6.07, 6.45) is 3.79. The van der Waals surface area contributed by atoms with Gasteiger partial charge < -0.3 is 0 Å². The van der Waals surface area contributed by atoms with Crippen LogP contribution in [0.1, 0.15) is 0 Å². The van der Waals surface area contributed by atoms with Crippen molar-refractivity contribution in [3.63, 3.8) is 0 Å². The van der Waals surface area contributed by atoms with Crippen LogP contribution in [0.15, 0.2) is 0 Å². The molecule has 3 heteroatoms. The van der Waals surface area contributed by atoms with Crippen molar-refractivity contribution >= 4 is 9.84 Å². The molecule has 0 heterocycles. The van der Waals surface area contributed by atoms with Crippen LogP contribution in [0.2, 0.25) is 0 Å². The third-order valence-electron chi connectivity index (χ3n) is 0. The summed E-state index contributed by atoms with van der Waals surface area (Å²) in [5, 5.41) is 0. The Hall–Kier alpha value is -0.180. The van der Waals surface area contributed by atoms with E-state index in [0.29, 0.717) is 0 Å². The minimum absolute atomic E-state index is 1.05. The molecule has 0 N–H and O–H groups in total. The van der Waals surface area contributed by atoms with E-state index in [2.05, 4.69) is 6.26 Å². The molecule has 0 spiro atoms. The Balaban J connectivity index is 4.06. The third-order valence-corrected chi connectivity index (χ3v) is 0. The van der Waals surface area contributed by atoms with Crippen LogP contribution in [0, 0.1) is 6.26 Å². The summed E-state index contributed by atoms with van der Waals surface area (Å²) in [6, 6.07) is 0. The average molecular weight is 93.1 g/mol. The van der Waals surface area contributed by atoms with Crippen molar-refractivity contribution in [3.05, 3.63) is 6.26 Å². The molecule has 0 unspecified atom stereocenters. The summed E-state index contributed by atoms with van der Waals surface area (Å²) in [4.78, 5) is 0. The maximum Gasteiger partial charge on any atom is 0.287 e. The first kappa shape index (κ1) is 4.82. The normalized spacial score (nSPS) is 11.4. The Morgan fingerprint density at radius 3 is 1.60 bits per heavy atom. The maximum atomic E-state index is 9.52. The molecule has 0 radical (unpaired) electrons. The Labute approximate surface area is 31.7 Å². The van der Waals surface area contributed by atoms with Gasteiger partial charge in [0.15, 0.2) is 6.26 Å². The molecule has 0 aromatic carbocycles. The molecule has 0 bridgehead atoms. The largest absolute Gasteiger partial charge is 0.287 e. The van der Waals surface area contributed by atoms with Gasteiger partial charge in [-0.3, -0.25) is 0 Å². The molecule has 0 rings (SSSR count). The standard InChI is InChI=1S/C2H5O2S/c1-5(2,3)4/h1H2,2H3/q+1. The zero-order valence-electron chi connectivity index (χ0n) is 2.93. The lowest BCUT2D eigenvalue weighted by molar-refractivity contribution is 0.610. The van der Waals surface area contributed by atoms with E-state index in [9.17, 15) is 8.42 Å². The highest BCUT2D eigenvalue weighted by molar-refractivity contribution is 7.91. The van der Waals surface area contributed by atoms with Gasteiger partial charge in [-0.2, -0.15) is 8.42 Å². The van der Waals surface area contributed by atoms with Crippen molar-refractivity contribution in [3.8, 4) is 0 Å². The number of rotatable bonds is 0. The highest BCUT2D eigenvalue weighted by atomic mass is 32.2. The Morgan fingerprint density at radius 2 is 1.60 bits per heavy atom. The lowest BCUT2D eigenvalue weighted by atomic mass is 11.9. The topological polar surface area (TPSA) is 34.1 Å². The minimum Gasteiger partial charge on any atom is -0.183 e. The summed E-state index contributed by atoms with van der Waals surface area (Å²) in [5.74, 6) is 0. The van der Waals surface area contributed by atoms with Crippen LogP contribution in [0.25, 0.3) is 0 Å². The second-order valence-electron chi connectivity index (χ2n) is 0.926. The van der Waals surface area contributed by atoms with E-state index in [0.717, 1.165) is 6.26 Å². The van der Waals surface area contributed by atoms with Gasteiger partial charge in [0, 0.05) is 0 Å². The number of sulfone groups is 1. The molecule has 0 aliphatic carbocycles. The van der Waals surface area contributed by atoms with E-state index in [-0.39, 0.29) is 0 Å². The molecule has 0 saturated carbocycles. The van der Waals surface area contributed by atoms with Gasteiger partial charge in [-0.15, -0.1) is 0 Å². The van der Waals surface area contributed by atoms with Gasteiger partial charge in [0.05, 0.1) is 6.26 Å². The van der Waals surface area contributed by atoms with Crippen LogP contribution in [0.3, 0.4) is 0 Å². The summed E-state index contributed by atoms with van der Waals surface area (Å²) < 4.78 is 19.0. The van der Waals surface area contributed by atoms with E-state index in [1.807, 2.05) is 0 Å². The summed E-state index contributed by atoms with van der Waals surface area (Å²) in [5.41, 5.74) is 0. The quantitative estimate of drug-likeness (QED) is 0.389. The molecule has 0 aliphatic heterocycles. The minimum atomic E-state index is -2.92. The van der Waals surface area contributed by atoms with Crippen molar-refractivity contribution in [2.75, 3.05) is 6.26 Å². The van der Waals surface area contributed by atoms with Crippen LogP contribution >= 0.6 is 0 Å². The molecule has 2 nitrogen and oxygen atoms in total. The van der Waals surface area contributed by atoms with Crippen molar-refractivity contribution in [1.82, 2.24) is 0 Å². The van der Waals surface area contributed by atoms with E-state index in [4.69, 9.17) is 0 Å². The van der Waals surface area contributed by atoms with Crippen LogP contribution in [-0.4, -0.2) is 14.7 Å². The fraction of sp³-hybridized carbons (Fsp3) is 0.500. The van der Waals surface area contributed by atoms with Crippen molar-refractivity contribution in [1.29, 1.82) is 0 Å². The highest BCUT2D eigenvalue weighted by Gasteiger charge is 1.90. The van der Waals surface area contributed by atoms with Gasteiger partial charge in [0.25, 0.3) is 9.84 Å². The molecule has 0 aromatic heterocycles. The fourth-order valence-electron chi connectivity index (χ4n) is 0. The Kier molecular flexibility index (Phi) is 0.865. The smallest absolute Gasteiger partial charge is 0.183 e. The van der Waals surface area contributed by atoms with E-state index in [1.165, 1.54) is 0 Å². The van der Waals surface area contributed by atoms with Crippen LogP contribution in [0.4, 0.5) is 0 Å². The van der Waals surface area contributed by atoms with E-state index >= 15 is 0 Å². The van der Waals surface area contributed by atoms with Crippen LogP contribution in [0.5, 0.6) is 0 Å². The van der Waals surface area contributed by atoms with Gasteiger partial charge in [0.1, 0.15) is 0 Å². The van der Waals surface area contributed by atoms with Gasteiger partial charge in [-0.25, -0.2) is 0 Å². The SMILES string of the molecule is [CH2+]S(C)(=O)=O. The molecule has 0 aromatic rings. The van der Waals surface area contributed by atoms with Crippen molar-refractivity contribution < 1.29 is 8.42 Å². The molecule has 0 amide bonds. The molecular weight excluding hydrogens is 88.1 g/mol. The molecule has 0 saturated heterocycles. The van der Waals surface area contributed by atoms with Crippen LogP contribution < -0.4 is 0 Å². The summed E-state index contributed by atoms with van der Waals surface area (Å²) in [6.45, 7) is 0. The number of hydrogen-bond acceptors (Lipinski definition) is 2. The van der Waals surface area contributed by atoms with Gasteiger partial charge in [-0.1, -0.05) is 0 Å². The molecule has 30 valence electrons. The zero-order valence-corrected chi connectivity index (χ0v) is 3.75. The van der Waals surface area contributed by atoms with Gasteiger partial charge in [0.2, 0.25) is 0 Å². The summed E-state index contributed by atoms with van der Waals surface area (Å²) in [7, 11) is -2.92. The van der Waals surface area contributed by atoms with Gasteiger partial charge >= 0.3 is 0 Å². The lowest BCUT2D eigenvalue weighted by Gasteiger charge is -1.59. The molecule has 5 heavy (non-hydrogen) atoms. The molecule has 0 fully saturated rings. The van der Waals surface area contributed by atoms with Crippen LogP contribution in [-0.2, 0) is 9.84 Å². The number of hydrogen-bond donors (Lipinski definition) is 0. The van der Waals surface area contributed by atoms with E-state index < -0.39 is 9.84 Å². The first-order chi connectivity index (χ1) is 2.00. The van der Waals surface area contributed by atoms with Gasteiger partial charge in [-0.05, 0) is 0 Å². The maximum absolute atomic E-state index is 9.52. The Morgan fingerprint density at radius 1 is 1.60 bits per heavy atom. The first-order valence-corrected chi connectivity index (χ1v) is 3.09. The second kappa shape index (κ2) is 0.897. The predicted octanol–water partition coefficient (Wildman–Crippen LogP) is -0.177.